The van der Waals surface area contributed by atoms with Crippen LogP contribution in [0.25, 0.3) is 10.4 Å². The van der Waals surface area contributed by atoms with Crippen LogP contribution in [0.2, 0.25) is 0 Å². The van der Waals surface area contributed by atoms with Crippen LogP contribution < -0.4 is 20.6 Å². The molecule has 0 aliphatic rings. The number of nitro groups is 1. The Morgan fingerprint density at radius 3 is 2.38 bits per heavy atom. The number of nitrogens with zero attached hydrogens (tertiary/aromatic N) is 5. The van der Waals surface area contributed by atoms with Crippen LogP contribution in [0.5, 0.6) is 11.5 Å². The van der Waals surface area contributed by atoms with Crippen LogP contribution in [0.1, 0.15) is 12.5 Å². The van der Waals surface area contributed by atoms with E-state index in [0.717, 1.165) is 6.07 Å². The zero-order valence-corrected chi connectivity index (χ0v) is 19.1. The molecule has 0 bridgehead atoms. The summed E-state index contributed by atoms with van der Waals surface area (Å²) in [6.45, 7) is 3.73. The molecular weight excluding hydrogens is 454 g/mol. The van der Waals surface area contributed by atoms with Crippen molar-refractivity contribution in [3.8, 4) is 11.5 Å². The van der Waals surface area contributed by atoms with Crippen molar-refractivity contribution in [2.45, 2.75) is 6.92 Å². The molecule has 15 nitrogen and oxygen atoms in total. The highest BCUT2D eigenvalue weighted by molar-refractivity contribution is 6.02. The van der Waals surface area contributed by atoms with Gasteiger partial charge < -0.3 is 34.8 Å². The number of hydrogen-bond donors (Lipinski definition) is 2. The number of methoxy groups -OCH3 is 1. The van der Waals surface area contributed by atoms with Crippen molar-refractivity contribution < 1.29 is 33.4 Å². The summed E-state index contributed by atoms with van der Waals surface area (Å²) in [5.74, 6) is 5.02. The van der Waals surface area contributed by atoms with Crippen LogP contribution in [0.15, 0.2) is 22.3 Å². The predicted octanol–water partition coefficient (Wildman–Crippen LogP) is 1.14. The van der Waals surface area contributed by atoms with E-state index in [1.54, 1.807) is 0 Å². The first-order valence-corrected chi connectivity index (χ1v) is 10.2. The van der Waals surface area contributed by atoms with Gasteiger partial charge in [0.05, 0.1) is 69.0 Å². The van der Waals surface area contributed by atoms with E-state index < -0.39 is 10.8 Å². The summed E-state index contributed by atoms with van der Waals surface area (Å²) in [7, 11) is 1.37. The zero-order chi connectivity index (χ0) is 25.2. The third kappa shape index (κ3) is 10.8. The van der Waals surface area contributed by atoms with E-state index in [0.29, 0.717) is 33.0 Å². The lowest BCUT2D eigenvalue weighted by atomic mass is 10.1. The molecule has 0 saturated carbocycles. The summed E-state index contributed by atoms with van der Waals surface area (Å²) in [5.41, 5.74) is 8.26. The topological polar surface area (TPSA) is 206 Å². The van der Waals surface area contributed by atoms with E-state index in [1.165, 1.54) is 20.1 Å². The number of nitro benzene ring substituents is 1. The molecule has 1 amide bonds. The molecule has 0 fully saturated rings. The number of benzene rings is 1. The fourth-order valence-electron chi connectivity index (χ4n) is 2.48. The molecule has 15 heteroatoms. The number of carbonyl (C=O) groups is 1. The molecule has 0 aliphatic carbocycles. The smallest absolute Gasteiger partial charge is 0.282 e. The minimum Gasteiger partial charge on any atom is -0.493 e. The Morgan fingerprint density at radius 1 is 1.15 bits per heavy atom. The standard InChI is InChI=1S/C19H29N7O8/c1-14(24-20)15-11-17(30-2)18(12-16(15)26(28)29)34-13-19(27)22-3-5-31-7-9-33-10-8-32-6-4-23-25-21/h11-12H,3-10,13,20H2,1-2H3,(H,22,27)/b24-14+. The summed E-state index contributed by atoms with van der Waals surface area (Å²) in [6, 6.07) is 2.53. The highest BCUT2D eigenvalue weighted by atomic mass is 16.6. The lowest BCUT2D eigenvalue weighted by Gasteiger charge is -2.13. The average Bonchev–Trinajstić information content (AvgIpc) is 2.84. The van der Waals surface area contributed by atoms with Crippen LogP contribution in [0, 0.1) is 10.1 Å². The van der Waals surface area contributed by atoms with Crippen molar-refractivity contribution >= 4 is 17.3 Å². The quantitative estimate of drug-likeness (QED) is 0.0448. The Morgan fingerprint density at radius 2 is 1.79 bits per heavy atom. The molecule has 34 heavy (non-hydrogen) atoms. The van der Waals surface area contributed by atoms with E-state index in [1.807, 2.05) is 0 Å². The Labute approximate surface area is 195 Å². The van der Waals surface area contributed by atoms with Crippen molar-refractivity contribution in [1.29, 1.82) is 0 Å². The molecular formula is C19H29N7O8. The number of nitrogens with one attached hydrogen (secondary N) is 1. The van der Waals surface area contributed by atoms with Gasteiger partial charge in [-0.15, -0.1) is 0 Å². The molecule has 188 valence electrons. The molecule has 0 aliphatic heterocycles. The second kappa shape index (κ2) is 16.9. The van der Waals surface area contributed by atoms with Crippen molar-refractivity contribution in [2.24, 2.45) is 16.1 Å². The highest BCUT2D eigenvalue weighted by Gasteiger charge is 2.22. The van der Waals surface area contributed by atoms with Gasteiger partial charge in [0.1, 0.15) is 0 Å². The normalized spacial score (nSPS) is 10.9. The summed E-state index contributed by atoms with van der Waals surface area (Å²) >= 11 is 0. The highest BCUT2D eigenvalue weighted by Crippen LogP contribution is 2.35. The Bertz CT molecular complexity index is 874. The van der Waals surface area contributed by atoms with Gasteiger partial charge >= 0.3 is 0 Å². The number of amides is 1. The number of azide groups is 1. The van der Waals surface area contributed by atoms with Gasteiger partial charge in [-0.25, -0.2) is 0 Å². The summed E-state index contributed by atoms with van der Waals surface area (Å²) in [6.07, 6.45) is 0. The van der Waals surface area contributed by atoms with E-state index in [9.17, 15) is 14.9 Å². The Hall–Kier alpha value is -3.65. The predicted molar refractivity (Wildman–Crippen MR) is 121 cm³/mol. The zero-order valence-electron chi connectivity index (χ0n) is 19.1. The van der Waals surface area contributed by atoms with E-state index in [4.69, 9.17) is 35.1 Å². The monoisotopic (exact) mass is 483 g/mol. The molecule has 1 rings (SSSR count). The van der Waals surface area contributed by atoms with E-state index >= 15 is 0 Å². The maximum atomic E-state index is 12.0. The molecule has 0 aromatic heterocycles. The molecule has 0 radical (unpaired) electrons. The lowest BCUT2D eigenvalue weighted by molar-refractivity contribution is -0.385. The number of hydrogen-bond acceptors (Lipinski definition) is 11. The molecule has 0 heterocycles. The minimum atomic E-state index is -0.601. The molecule has 0 unspecified atom stereocenters. The first kappa shape index (κ1) is 28.4. The first-order chi connectivity index (χ1) is 16.4. The van der Waals surface area contributed by atoms with Crippen molar-refractivity contribution in [2.75, 3.05) is 66.4 Å². The number of nitrogens with two attached hydrogens (primary N) is 1. The Kier molecular flexibility index (Phi) is 14.1. The fourth-order valence-corrected chi connectivity index (χ4v) is 2.48. The third-order valence-electron chi connectivity index (χ3n) is 4.13. The lowest BCUT2D eigenvalue weighted by Crippen LogP contribution is -2.32. The second-order valence-corrected chi connectivity index (χ2v) is 6.42. The second-order valence-electron chi connectivity index (χ2n) is 6.42. The van der Waals surface area contributed by atoms with Gasteiger partial charge in [-0.3, -0.25) is 14.9 Å². The maximum Gasteiger partial charge on any atom is 0.282 e. The van der Waals surface area contributed by atoms with Gasteiger partial charge in [0.25, 0.3) is 11.6 Å². The van der Waals surface area contributed by atoms with Gasteiger partial charge in [-0.05, 0) is 18.5 Å². The third-order valence-corrected chi connectivity index (χ3v) is 4.13. The van der Waals surface area contributed by atoms with Gasteiger partial charge in [-0.2, -0.15) is 5.10 Å². The first-order valence-electron chi connectivity index (χ1n) is 10.2. The largest absolute Gasteiger partial charge is 0.493 e. The molecule has 3 N–H and O–H groups in total. The SMILES string of the molecule is COc1cc(/C(C)=N/N)c([N+](=O)[O-])cc1OCC(=O)NCCOCCOCCOCCN=[N+]=[N-]. The van der Waals surface area contributed by atoms with E-state index in [-0.39, 0.29) is 54.8 Å². The molecule has 0 atom stereocenters. The minimum absolute atomic E-state index is 0.0353. The molecule has 1 aromatic carbocycles. The van der Waals surface area contributed by atoms with Gasteiger partial charge in [-0.1, -0.05) is 5.11 Å². The van der Waals surface area contributed by atoms with Crippen LogP contribution in [0.4, 0.5) is 5.69 Å². The van der Waals surface area contributed by atoms with Crippen LogP contribution in [-0.4, -0.2) is 83.0 Å². The van der Waals surface area contributed by atoms with E-state index in [2.05, 4.69) is 20.4 Å². The van der Waals surface area contributed by atoms with Gasteiger partial charge in [0, 0.05) is 18.0 Å². The molecule has 1 aromatic rings. The molecule has 0 saturated heterocycles. The van der Waals surface area contributed by atoms with Crippen molar-refractivity contribution in [3.05, 3.63) is 38.3 Å². The summed E-state index contributed by atoms with van der Waals surface area (Å²) in [5, 5.41) is 20.8. The van der Waals surface area contributed by atoms with Crippen LogP contribution in [-0.2, 0) is 19.0 Å². The van der Waals surface area contributed by atoms with Gasteiger partial charge in [0.2, 0.25) is 0 Å². The van der Waals surface area contributed by atoms with Crippen LogP contribution in [0.3, 0.4) is 0 Å². The van der Waals surface area contributed by atoms with Crippen molar-refractivity contribution in [1.82, 2.24) is 5.32 Å². The Balaban J connectivity index is 2.30. The van der Waals surface area contributed by atoms with Gasteiger partial charge in [0.15, 0.2) is 18.1 Å². The van der Waals surface area contributed by atoms with Crippen LogP contribution >= 0.6 is 0 Å². The fraction of sp³-hybridized carbons (Fsp3) is 0.579. The molecule has 0 spiro atoms. The number of hydrazone groups is 1. The number of carbonyl (C=O) groups excluding carboxylic acids is 1. The number of ether oxygens (including phenoxy) is 5. The van der Waals surface area contributed by atoms with Crippen molar-refractivity contribution in [3.63, 3.8) is 0 Å². The maximum absolute atomic E-state index is 12.0. The summed E-state index contributed by atoms with van der Waals surface area (Å²) < 4.78 is 26.4. The average molecular weight is 483 g/mol. The summed E-state index contributed by atoms with van der Waals surface area (Å²) in [4.78, 5) is 25.4. The number of rotatable bonds is 18.